The molecule has 27 heavy (non-hydrogen) atoms. The molecule has 4 rings (SSSR count). The van der Waals surface area contributed by atoms with E-state index >= 15 is 0 Å². The summed E-state index contributed by atoms with van der Waals surface area (Å²) in [7, 11) is 0. The highest BCUT2D eigenvalue weighted by Gasteiger charge is 2.20. The van der Waals surface area contributed by atoms with Gasteiger partial charge in [-0.2, -0.15) is 0 Å². The Balaban J connectivity index is 1.75. The average Bonchev–Trinajstić information content (AvgIpc) is 3.07. The third kappa shape index (κ3) is 3.27. The van der Waals surface area contributed by atoms with Gasteiger partial charge in [0, 0.05) is 24.5 Å². The first kappa shape index (κ1) is 16.8. The number of hydrogen-bond donors (Lipinski definition) is 1. The average molecular weight is 362 g/mol. The monoisotopic (exact) mass is 362 g/mol. The molecule has 0 radical (unpaired) electrons. The Labute approximate surface area is 154 Å². The number of aromatic nitrogens is 3. The molecule has 4 aromatic rings. The molecule has 6 nitrogen and oxygen atoms in total. The van der Waals surface area contributed by atoms with Crippen LogP contribution in [-0.4, -0.2) is 21.0 Å². The summed E-state index contributed by atoms with van der Waals surface area (Å²) in [5.74, 6) is -0.752. The maximum Gasteiger partial charge on any atom is 0.259 e. The number of pyridine rings is 2. The zero-order chi connectivity index (χ0) is 18.8. The molecule has 1 N–H and O–H groups in total. The van der Waals surface area contributed by atoms with Gasteiger partial charge < -0.3 is 9.84 Å². The van der Waals surface area contributed by atoms with Crippen LogP contribution in [0.2, 0.25) is 0 Å². The molecular formula is C20H15FN4O2. The van der Waals surface area contributed by atoms with E-state index in [-0.39, 0.29) is 17.2 Å². The number of rotatable bonds is 4. The highest BCUT2D eigenvalue weighted by Crippen LogP contribution is 2.28. The first-order chi connectivity index (χ1) is 13.1. The van der Waals surface area contributed by atoms with Gasteiger partial charge in [0.15, 0.2) is 0 Å². The van der Waals surface area contributed by atoms with Gasteiger partial charge in [-0.05, 0) is 36.8 Å². The molecule has 0 aliphatic heterocycles. The molecule has 7 heteroatoms. The molecule has 134 valence electrons. The minimum absolute atomic E-state index is 0.194. The fraction of sp³-hybridized carbons (Fsp3) is 0.100. The summed E-state index contributed by atoms with van der Waals surface area (Å²) in [4.78, 5) is 21.2. The van der Waals surface area contributed by atoms with Crippen LogP contribution in [-0.2, 0) is 6.54 Å². The summed E-state index contributed by atoms with van der Waals surface area (Å²) >= 11 is 0. The molecule has 3 aromatic heterocycles. The summed E-state index contributed by atoms with van der Waals surface area (Å²) in [6.07, 6.45) is 3.34. The van der Waals surface area contributed by atoms with Crippen LogP contribution in [0.1, 0.15) is 21.6 Å². The standard InChI is InChI=1S/C20H15FN4O2/c1-12-18-15(19(26)23-11-13-5-4-8-22-10-13)9-17(24-20(18)27-25-12)14-6-2-3-7-16(14)21/h2-10H,11H2,1H3,(H,23,26). The van der Waals surface area contributed by atoms with Crippen molar-refractivity contribution >= 4 is 17.0 Å². The Kier molecular flexibility index (Phi) is 4.33. The number of nitrogens with zero attached hydrogens (tertiary/aromatic N) is 3. The first-order valence-corrected chi connectivity index (χ1v) is 8.32. The Morgan fingerprint density at radius 3 is 2.85 bits per heavy atom. The highest BCUT2D eigenvalue weighted by atomic mass is 19.1. The Morgan fingerprint density at radius 1 is 1.22 bits per heavy atom. The van der Waals surface area contributed by atoms with Gasteiger partial charge in [0.05, 0.1) is 22.3 Å². The zero-order valence-corrected chi connectivity index (χ0v) is 14.4. The molecule has 0 atom stereocenters. The quantitative estimate of drug-likeness (QED) is 0.599. The molecule has 0 aliphatic rings. The second-order valence-electron chi connectivity index (χ2n) is 6.03. The smallest absolute Gasteiger partial charge is 0.259 e. The van der Waals surface area contributed by atoms with Gasteiger partial charge in [-0.25, -0.2) is 9.37 Å². The molecule has 0 spiro atoms. The van der Waals surface area contributed by atoms with Gasteiger partial charge >= 0.3 is 0 Å². The molecule has 0 saturated carbocycles. The molecule has 0 saturated heterocycles. The Hall–Kier alpha value is -3.61. The van der Waals surface area contributed by atoms with E-state index in [0.717, 1.165) is 5.56 Å². The van der Waals surface area contributed by atoms with Crippen molar-refractivity contribution in [3.05, 3.63) is 77.5 Å². The minimum Gasteiger partial charge on any atom is -0.348 e. The van der Waals surface area contributed by atoms with E-state index in [1.54, 1.807) is 49.6 Å². The van der Waals surface area contributed by atoms with Gasteiger partial charge in [0.1, 0.15) is 5.82 Å². The van der Waals surface area contributed by atoms with Crippen LogP contribution in [0.15, 0.2) is 59.4 Å². The van der Waals surface area contributed by atoms with Gasteiger partial charge in [-0.3, -0.25) is 9.78 Å². The van der Waals surface area contributed by atoms with Crippen LogP contribution in [0.25, 0.3) is 22.4 Å². The fourth-order valence-electron chi connectivity index (χ4n) is 2.86. The van der Waals surface area contributed by atoms with Crippen LogP contribution in [0, 0.1) is 12.7 Å². The number of amides is 1. The number of fused-ring (bicyclic) bond motifs is 1. The van der Waals surface area contributed by atoms with E-state index in [9.17, 15) is 9.18 Å². The summed E-state index contributed by atoms with van der Waals surface area (Å²) in [6.45, 7) is 2.05. The van der Waals surface area contributed by atoms with Gasteiger partial charge in [-0.15, -0.1) is 0 Å². The lowest BCUT2D eigenvalue weighted by Crippen LogP contribution is -2.23. The van der Waals surface area contributed by atoms with E-state index in [4.69, 9.17) is 4.52 Å². The number of carbonyl (C=O) groups excluding carboxylic acids is 1. The van der Waals surface area contributed by atoms with Crippen LogP contribution < -0.4 is 5.32 Å². The predicted molar refractivity (Wildman–Crippen MR) is 97.3 cm³/mol. The van der Waals surface area contributed by atoms with Crippen molar-refractivity contribution in [3.63, 3.8) is 0 Å². The SMILES string of the molecule is Cc1noc2nc(-c3ccccc3F)cc(C(=O)NCc3cccnc3)c12. The van der Waals surface area contributed by atoms with Crippen LogP contribution in [0.3, 0.4) is 0 Å². The van der Waals surface area contributed by atoms with Crippen molar-refractivity contribution < 1.29 is 13.7 Å². The fourth-order valence-corrected chi connectivity index (χ4v) is 2.86. The van der Waals surface area contributed by atoms with Crippen molar-refractivity contribution in [1.82, 2.24) is 20.4 Å². The number of benzene rings is 1. The predicted octanol–water partition coefficient (Wildman–Crippen LogP) is 3.66. The Bertz CT molecular complexity index is 1130. The lowest BCUT2D eigenvalue weighted by molar-refractivity contribution is 0.0952. The van der Waals surface area contributed by atoms with Crippen molar-refractivity contribution in [2.75, 3.05) is 0 Å². The van der Waals surface area contributed by atoms with E-state index < -0.39 is 5.82 Å². The van der Waals surface area contributed by atoms with Crippen LogP contribution >= 0.6 is 0 Å². The lowest BCUT2D eigenvalue weighted by Gasteiger charge is -2.09. The molecule has 0 unspecified atom stereocenters. The number of carbonyl (C=O) groups is 1. The van der Waals surface area contributed by atoms with Gasteiger partial charge in [-0.1, -0.05) is 23.4 Å². The second kappa shape index (κ2) is 6.95. The maximum atomic E-state index is 14.2. The number of halogens is 1. The van der Waals surface area contributed by atoms with Crippen molar-refractivity contribution in [2.24, 2.45) is 0 Å². The lowest BCUT2D eigenvalue weighted by atomic mass is 10.0. The zero-order valence-electron chi connectivity index (χ0n) is 14.4. The van der Waals surface area contributed by atoms with E-state index in [0.29, 0.717) is 28.9 Å². The summed E-state index contributed by atoms with van der Waals surface area (Å²) in [5.41, 5.74) is 2.54. The number of aryl methyl sites for hydroxylation is 1. The van der Waals surface area contributed by atoms with Crippen molar-refractivity contribution in [3.8, 4) is 11.3 Å². The minimum atomic E-state index is -0.428. The topological polar surface area (TPSA) is 80.9 Å². The Morgan fingerprint density at radius 2 is 2.07 bits per heavy atom. The second-order valence-corrected chi connectivity index (χ2v) is 6.03. The maximum absolute atomic E-state index is 14.2. The molecule has 0 aliphatic carbocycles. The summed E-state index contributed by atoms with van der Waals surface area (Å²) in [6, 6.07) is 11.5. The van der Waals surface area contributed by atoms with Crippen molar-refractivity contribution in [2.45, 2.75) is 13.5 Å². The van der Waals surface area contributed by atoms with E-state index in [1.807, 2.05) is 6.07 Å². The van der Waals surface area contributed by atoms with Crippen LogP contribution in [0.4, 0.5) is 4.39 Å². The molecule has 3 heterocycles. The van der Waals surface area contributed by atoms with E-state index in [2.05, 4.69) is 20.4 Å². The highest BCUT2D eigenvalue weighted by molar-refractivity contribution is 6.06. The molecule has 1 aromatic carbocycles. The van der Waals surface area contributed by atoms with Gasteiger partial charge in [0.25, 0.3) is 11.6 Å². The normalized spacial score (nSPS) is 10.9. The molecule has 0 fully saturated rings. The summed E-state index contributed by atoms with van der Waals surface area (Å²) < 4.78 is 19.4. The van der Waals surface area contributed by atoms with Crippen molar-refractivity contribution in [1.29, 1.82) is 0 Å². The molecule has 0 bridgehead atoms. The number of nitrogens with one attached hydrogen (secondary N) is 1. The van der Waals surface area contributed by atoms with Crippen LogP contribution in [0.5, 0.6) is 0 Å². The summed E-state index contributed by atoms with van der Waals surface area (Å²) in [5, 5.41) is 7.25. The van der Waals surface area contributed by atoms with E-state index in [1.165, 1.54) is 6.07 Å². The molecule has 1 amide bonds. The first-order valence-electron chi connectivity index (χ1n) is 8.32. The third-order valence-corrected chi connectivity index (χ3v) is 4.19. The third-order valence-electron chi connectivity index (χ3n) is 4.19. The largest absolute Gasteiger partial charge is 0.348 e. The number of hydrogen-bond acceptors (Lipinski definition) is 5. The molecular weight excluding hydrogens is 347 g/mol. The van der Waals surface area contributed by atoms with Gasteiger partial charge in [0.2, 0.25) is 0 Å².